The number of carbonyl (C=O) groups is 1. The van der Waals surface area contributed by atoms with Crippen LogP contribution < -0.4 is 0 Å². The van der Waals surface area contributed by atoms with Crippen LogP contribution in [0.5, 0.6) is 0 Å². The average molecular weight is 233 g/mol. The van der Waals surface area contributed by atoms with Gasteiger partial charge in [0.2, 0.25) is 0 Å². The van der Waals surface area contributed by atoms with Crippen molar-refractivity contribution in [2.24, 2.45) is 0 Å². The Labute approximate surface area is 102 Å². The van der Waals surface area contributed by atoms with Crippen molar-refractivity contribution in [2.75, 3.05) is 20.2 Å². The molecule has 0 N–H and O–H groups in total. The highest BCUT2D eigenvalue weighted by atomic mass is 16.6. The molecule has 16 heavy (non-hydrogen) atoms. The van der Waals surface area contributed by atoms with Crippen LogP contribution in [-0.2, 0) is 4.74 Å². The predicted octanol–water partition coefficient (Wildman–Crippen LogP) is 4.32. The van der Waals surface area contributed by atoms with E-state index in [-0.39, 0.29) is 13.5 Å². The zero-order valence-corrected chi connectivity index (χ0v) is 11.0. The minimum Gasteiger partial charge on any atom is -0.449 e. The largest absolute Gasteiger partial charge is 0.449 e. The lowest BCUT2D eigenvalue weighted by atomic mass is 10.3. The van der Waals surface area contributed by atoms with Gasteiger partial charge in [0.15, 0.2) is 0 Å². The zero-order valence-electron chi connectivity index (χ0n) is 11.0. The number of nitrogens with zero attached hydrogens (tertiary/aromatic N) is 1. The number of hydrogen-bond donors (Lipinski definition) is 0. The van der Waals surface area contributed by atoms with E-state index in [9.17, 15) is 4.79 Å². The number of carbonyl (C=O) groups excluding carboxylic acids is 1. The summed E-state index contributed by atoms with van der Waals surface area (Å²) in [6.45, 7) is 9.53. The summed E-state index contributed by atoms with van der Waals surface area (Å²) in [7, 11) is 1.78. The van der Waals surface area contributed by atoms with Crippen molar-refractivity contribution in [3.63, 3.8) is 0 Å². The van der Waals surface area contributed by atoms with Gasteiger partial charge in [-0.3, -0.25) is 0 Å². The lowest BCUT2D eigenvalue weighted by Crippen LogP contribution is -2.28. The number of ether oxygens (including phenoxy) is 1. The van der Waals surface area contributed by atoms with E-state index in [4.69, 9.17) is 4.74 Å². The molecule has 0 fully saturated rings. The first-order chi connectivity index (χ1) is 7.22. The molecule has 100 valence electrons. The molecule has 0 atom stereocenters. The summed E-state index contributed by atoms with van der Waals surface area (Å²) < 4.78 is 5.03. The first-order valence-corrected chi connectivity index (χ1v) is 6.10. The van der Waals surface area contributed by atoms with Gasteiger partial charge in [0.25, 0.3) is 0 Å². The van der Waals surface area contributed by atoms with Crippen molar-refractivity contribution in [3.8, 4) is 0 Å². The van der Waals surface area contributed by atoms with E-state index in [1.54, 1.807) is 11.9 Å². The molecule has 0 aromatic rings. The quantitative estimate of drug-likeness (QED) is 0.639. The first kappa shape index (κ1) is 20.7. The van der Waals surface area contributed by atoms with Gasteiger partial charge >= 0.3 is 6.09 Å². The number of hydrogen-bond acceptors (Lipinski definition) is 2. The van der Waals surface area contributed by atoms with Crippen LogP contribution in [0.15, 0.2) is 0 Å². The summed E-state index contributed by atoms with van der Waals surface area (Å²) >= 11 is 0. The molecule has 0 aliphatic carbocycles. The fourth-order valence-corrected chi connectivity index (χ4v) is 0.901. The molecule has 0 saturated carbocycles. The highest BCUT2D eigenvalue weighted by Crippen LogP contribution is 1.96. The van der Waals surface area contributed by atoms with Gasteiger partial charge in [-0.25, -0.2) is 4.79 Å². The number of amides is 1. The molecular weight excluding hydrogens is 202 g/mol. The summed E-state index contributed by atoms with van der Waals surface area (Å²) in [5.74, 6) is 0. The van der Waals surface area contributed by atoms with E-state index in [0.717, 1.165) is 32.2 Å². The third kappa shape index (κ3) is 13.3. The summed E-state index contributed by atoms with van der Waals surface area (Å²) in [5.41, 5.74) is 0. The minimum absolute atomic E-state index is 0. The third-order valence-corrected chi connectivity index (χ3v) is 1.88. The molecule has 0 rings (SSSR count). The van der Waals surface area contributed by atoms with E-state index in [1.165, 1.54) is 0 Å². The predicted molar refractivity (Wildman–Crippen MR) is 71.9 cm³/mol. The van der Waals surface area contributed by atoms with Gasteiger partial charge in [-0.1, -0.05) is 48.0 Å². The molecule has 0 saturated heterocycles. The van der Waals surface area contributed by atoms with E-state index in [2.05, 4.69) is 13.8 Å². The Morgan fingerprint density at radius 3 is 2.06 bits per heavy atom. The van der Waals surface area contributed by atoms with Crippen molar-refractivity contribution in [1.29, 1.82) is 0 Å². The number of rotatable bonds is 6. The molecule has 0 aromatic heterocycles. The Balaban J connectivity index is -0.000000529. The van der Waals surface area contributed by atoms with Gasteiger partial charge in [-0.15, -0.1) is 0 Å². The second kappa shape index (κ2) is 16.7. The van der Waals surface area contributed by atoms with E-state index in [0.29, 0.717) is 6.61 Å². The minimum atomic E-state index is -0.193. The molecule has 1 amide bonds. The maximum Gasteiger partial charge on any atom is 0.409 e. The van der Waals surface area contributed by atoms with Gasteiger partial charge in [0.05, 0.1) is 6.61 Å². The van der Waals surface area contributed by atoms with Crippen molar-refractivity contribution < 1.29 is 9.53 Å². The summed E-state index contributed by atoms with van der Waals surface area (Å²) in [5, 5.41) is 0. The van der Waals surface area contributed by atoms with Crippen LogP contribution in [0.25, 0.3) is 0 Å². The van der Waals surface area contributed by atoms with Crippen molar-refractivity contribution >= 4 is 6.09 Å². The van der Waals surface area contributed by atoms with E-state index >= 15 is 0 Å². The van der Waals surface area contributed by atoms with Crippen LogP contribution in [-0.4, -0.2) is 31.2 Å². The average Bonchev–Trinajstić information content (AvgIpc) is 2.28. The Hall–Kier alpha value is -0.730. The highest BCUT2D eigenvalue weighted by molar-refractivity contribution is 5.67. The Kier molecular flexibility index (Phi) is 21.5. The summed E-state index contributed by atoms with van der Waals surface area (Å²) in [6, 6.07) is 0. The maximum absolute atomic E-state index is 11.2. The zero-order chi connectivity index (χ0) is 12.1. The third-order valence-electron chi connectivity index (χ3n) is 1.88. The second-order valence-electron chi connectivity index (χ2n) is 3.24. The number of unbranched alkanes of at least 4 members (excludes halogenated alkanes) is 2. The van der Waals surface area contributed by atoms with Crippen LogP contribution in [0, 0.1) is 0 Å². The lowest BCUT2D eigenvalue weighted by Gasteiger charge is -2.16. The standard InChI is InChI=1S/C10H21NO2.C2H6.CH4/c1-4-6-8-11(3)10(12)13-9-7-5-2;1-2;/h4-9H2,1-3H3;1-2H3;1H4. The molecule has 0 bridgehead atoms. The fraction of sp³-hybridized carbons (Fsp3) is 0.923. The molecular formula is C13H31NO2. The lowest BCUT2D eigenvalue weighted by molar-refractivity contribution is 0.109. The van der Waals surface area contributed by atoms with Crippen LogP contribution in [0.2, 0.25) is 0 Å². The van der Waals surface area contributed by atoms with Gasteiger partial charge in [-0.2, -0.15) is 0 Å². The van der Waals surface area contributed by atoms with Crippen molar-refractivity contribution in [3.05, 3.63) is 0 Å². The van der Waals surface area contributed by atoms with Crippen LogP contribution >= 0.6 is 0 Å². The Bertz CT molecular complexity index is 138. The highest BCUT2D eigenvalue weighted by Gasteiger charge is 2.07. The molecule has 0 aliphatic heterocycles. The summed E-state index contributed by atoms with van der Waals surface area (Å²) in [6.07, 6.45) is 3.97. The second-order valence-corrected chi connectivity index (χ2v) is 3.24. The van der Waals surface area contributed by atoms with Gasteiger partial charge < -0.3 is 9.64 Å². The molecule has 3 nitrogen and oxygen atoms in total. The SMILES string of the molecule is C.CC.CCCCOC(=O)N(C)CCCC. The Morgan fingerprint density at radius 1 is 1.12 bits per heavy atom. The van der Waals surface area contributed by atoms with Crippen molar-refractivity contribution in [1.82, 2.24) is 4.90 Å². The monoisotopic (exact) mass is 233 g/mol. The van der Waals surface area contributed by atoms with Gasteiger partial charge in [0, 0.05) is 13.6 Å². The molecule has 0 heterocycles. The molecule has 0 unspecified atom stereocenters. The molecule has 0 aromatic carbocycles. The van der Waals surface area contributed by atoms with E-state index in [1.807, 2.05) is 13.8 Å². The molecule has 0 radical (unpaired) electrons. The smallest absolute Gasteiger partial charge is 0.409 e. The van der Waals surface area contributed by atoms with Crippen molar-refractivity contribution in [2.45, 2.75) is 60.8 Å². The first-order valence-electron chi connectivity index (χ1n) is 6.10. The molecule has 0 spiro atoms. The maximum atomic E-state index is 11.2. The van der Waals surface area contributed by atoms with Crippen LogP contribution in [0.1, 0.15) is 60.8 Å². The fourth-order valence-electron chi connectivity index (χ4n) is 0.901. The topological polar surface area (TPSA) is 29.5 Å². The Morgan fingerprint density at radius 2 is 1.62 bits per heavy atom. The van der Waals surface area contributed by atoms with E-state index < -0.39 is 0 Å². The van der Waals surface area contributed by atoms with Gasteiger partial charge in [0.1, 0.15) is 0 Å². The van der Waals surface area contributed by atoms with Gasteiger partial charge in [-0.05, 0) is 12.8 Å². The molecule has 3 heteroatoms. The molecule has 0 aliphatic rings. The normalized spacial score (nSPS) is 8.31. The van der Waals surface area contributed by atoms with Crippen LogP contribution in [0.3, 0.4) is 0 Å². The summed E-state index contributed by atoms with van der Waals surface area (Å²) in [4.78, 5) is 12.9. The van der Waals surface area contributed by atoms with Crippen LogP contribution in [0.4, 0.5) is 4.79 Å².